The van der Waals surface area contributed by atoms with Crippen molar-refractivity contribution in [1.82, 2.24) is 0 Å². The molecule has 20 heavy (non-hydrogen) atoms. The van der Waals surface area contributed by atoms with E-state index in [2.05, 4.69) is 0 Å². The fraction of sp³-hybridized carbons (Fsp3) is 0.0714. The average Bonchev–Trinajstić information content (AvgIpc) is 2.38. The Labute approximate surface area is 112 Å². The van der Waals surface area contributed by atoms with Crippen LogP contribution in [0.5, 0.6) is 23.0 Å². The molecular weight excluding hydrogens is 264 g/mol. The number of hydrogen-bond acceptors (Lipinski definition) is 6. The van der Waals surface area contributed by atoms with Gasteiger partial charge in [-0.1, -0.05) is 0 Å². The van der Waals surface area contributed by atoms with E-state index >= 15 is 0 Å². The van der Waals surface area contributed by atoms with Gasteiger partial charge in [0.15, 0.2) is 11.5 Å². The summed E-state index contributed by atoms with van der Waals surface area (Å²) < 4.78 is 10.3. The summed E-state index contributed by atoms with van der Waals surface area (Å²) in [4.78, 5) is 12.4. The van der Waals surface area contributed by atoms with Crippen LogP contribution in [-0.2, 0) is 0 Å². The van der Waals surface area contributed by atoms with Gasteiger partial charge in [0.05, 0.1) is 12.5 Å². The van der Waals surface area contributed by atoms with Crippen molar-refractivity contribution in [2.45, 2.75) is 0 Å². The minimum atomic E-state index is -0.480. The molecule has 0 atom stereocenters. The number of rotatable bonds is 1. The van der Waals surface area contributed by atoms with E-state index in [1.54, 1.807) is 0 Å². The molecule has 0 radical (unpaired) electrons. The maximum absolute atomic E-state index is 12.4. The second-order valence-corrected chi connectivity index (χ2v) is 4.26. The van der Waals surface area contributed by atoms with Gasteiger partial charge in [-0.15, -0.1) is 0 Å². The molecule has 0 spiro atoms. The van der Waals surface area contributed by atoms with Crippen LogP contribution in [0.4, 0.5) is 0 Å². The molecule has 1 aromatic heterocycles. The van der Waals surface area contributed by atoms with E-state index < -0.39 is 11.2 Å². The SMILES string of the molecule is COc1c(O)cc2oc3cc(O)ccc3c(=O)c2c1O. The smallest absolute Gasteiger partial charge is 0.204 e. The first-order chi connectivity index (χ1) is 9.52. The molecule has 0 saturated heterocycles. The molecular formula is C14H10O6. The normalized spacial score (nSPS) is 11.1. The van der Waals surface area contributed by atoms with E-state index in [4.69, 9.17) is 9.15 Å². The first-order valence-electron chi connectivity index (χ1n) is 5.71. The molecule has 0 aliphatic rings. The molecule has 3 aromatic rings. The monoisotopic (exact) mass is 274 g/mol. The van der Waals surface area contributed by atoms with Gasteiger partial charge in [-0.3, -0.25) is 4.79 Å². The lowest BCUT2D eigenvalue weighted by Gasteiger charge is -2.09. The second-order valence-electron chi connectivity index (χ2n) is 4.26. The molecule has 102 valence electrons. The van der Waals surface area contributed by atoms with Crippen LogP contribution in [-0.4, -0.2) is 22.4 Å². The van der Waals surface area contributed by atoms with Crippen LogP contribution >= 0.6 is 0 Å². The van der Waals surface area contributed by atoms with Crippen LogP contribution in [0.15, 0.2) is 33.5 Å². The Morgan fingerprint density at radius 1 is 1.10 bits per heavy atom. The summed E-state index contributed by atoms with van der Waals surface area (Å²) in [6, 6.07) is 5.21. The summed E-state index contributed by atoms with van der Waals surface area (Å²) in [6.45, 7) is 0. The molecule has 0 aliphatic carbocycles. The maximum atomic E-state index is 12.4. The van der Waals surface area contributed by atoms with Gasteiger partial charge < -0.3 is 24.5 Å². The second kappa shape index (κ2) is 4.06. The van der Waals surface area contributed by atoms with Crippen LogP contribution < -0.4 is 10.2 Å². The Kier molecular flexibility index (Phi) is 2.47. The van der Waals surface area contributed by atoms with E-state index in [1.165, 1.54) is 31.4 Å². The highest BCUT2D eigenvalue weighted by Gasteiger charge is 2.19. The third-order valence-electron chi connectivity index (χ3n) is 3.06. The Balaban J connectivity index is 2.57. The molecule has 3 rings (SSSR count). The van der Waals surface area contributed by atoms with Crippen LogP contribution in [0, 0.1) is 0 Å². The van der Waals surface area contributed by atoms with Crippen molar-refractivity contribution in [3.05, 3.63) is 34.5 Å². The molecule has 0 amide bonds. The highest BCUT2D eigenvalue weighted by Crippen LogP contribution is 2.41. The molecule has 1 heterocycles. The molecule has 0 aliphatic heterocycles. The number of fused-ring (bicyclic) bond motifs is 2. The van der Waals surface area contributed by atoms with E-state index in [0.717, 1.165) is 0 Å². The van der Waals surface area contributed by atoms with E-state index in [9.17, 15) is 20.1 Å². The molecule has 0 unspecified atom stereocenters. The molecule has 0 bridgehead atoms. The summed E-state index contributed by atoms with van der Waals surface area (Å²) in [7, 11) is 1.27. The van der Waals surface area contributed by atoms with Gasteiger partial charge in [-0.2, -0.15) is 0 Å². The number of phenols is 3. The Morgan fingerprint density at radius 3 is 2.55 bits per heavy atom. The first-order valence-corrected chi connectivity index (χ1v) is 5.71. The van der Waals surface area contributed by atoms with Crippen molar-refractivity contribution < 1.29 is 24.5 Å². The van der Waals surface area contributed by atoms with Crippen molar-refractivity contribution in [1.29, 1.82) is 0 Å². The third kappa shape index (κ3) is 1.55. The topological polar surface area (TPSA) is 100 Å². The number of ether oxygens (including phenoxy) is 1. The van der Waals surface area contributed by atoms with Crippen LogP contribution in [0.3, 0.4) is 0 Å². The summed E-state index contributed by atoms with van der Waals surface area (Å²) in [5, 5.41) is 29.3. The molecule has 0 fully saturated rings. The van der Waals surface area contributed by atoms with Gasteiger partial charge in [0.1, 0.15) is 22.3 Å². The third-order valence-corrected chi connectivity index (χ3v) is 3.06. The summed E-state index contributed by atoms with van der Waals surface area (Å²) in [5.74, 6) is -1.07. The zero-order valence-electron chi connectivity index (χ0n) is 10.4. The number of methoxy groups -OCH3 is 1. The predicted molar refractivity (Wildman–Crippen MR) is 71.5 cm³/mol. The largest absolute Gasteiger partial charge is 0.508 e. The molecule has 2 aromatic carbocycles. The number of benzene rings is 2. The van der Waals surface area contributed by atoms with Gasteiger partial charge >= 0.3 is 0 Å². The predicted octanol–water partition coefficient (Wildman–Crippen LogP) is 2.07. The average molecular weight is 274 g/mol. The number of aromatic hydroxyl groups is 3. The van der Waals surface area contributed by atoms with E-state index in [0.29, 0.717) is 0 Å². The van der Waals surface area contributed by atoms with Gasteiger partial charge in [-0.05, 0) is 12.1 Å². The Hall–Kier alpha value is -2.89. The molecule has 0 saturated carbocycles. The highest BCUT2D eigenvalue weighted by atomic mass is 16.5. The standard InChI is InChI=1S/C14H10O6/c1-19-14-8(16)5-10-11(13(14)18)12(17)7-3-2-6(15)4-9(7)20-10/h2-5,15-16,18H,1H3. The van der Waals surface area contributed by atoms with Gasteiger partial charge in [0.25, 0.3) is 0 Å². The lowest BCUT2D eigenvalue weighted by molar-refractivity contribution is 0.346. The summed E-state index contributed by atoms with van der Waals surface area (Å²) in [5.41, 5.74) is -0.313. The van der Waals surface area contributed by atoms with Gasteiger partial charge in [0, 0.05) is 12.1 Å². The van der Waals surface area contributed by atoms with Crippen LogP contribution in [0.2, 0.25) is 0 Å². The zero-order chi connectivity index (χ0) is 14.4. The molecule has 6 heteroatoms. The van der Waals surface area contributed by atoms with Crippen molar-refractivity contribution in [3.8, 4) is 23.0 Å². The molecule has 3 N–H and O–H groups in total. The summed E-state index contributed by atoms with van der Waals surface area (Å²) in [6.07, 6.45) is 0. The lowest BCUT2D eigenvalue weighted by Crippen LogP contribution is -2.03. The van der Waals surface area contributed by atoms with Crippen molar-refractivity contribution in [2.24, 2.45) is 0 Å². The van der Waals surface area contributed by atoms with Crippen molar-refractivity contribution >= 4 is 21.9 Å². The maximum Gasteiger partial charge on any atom is 0.204 e. The van der Waals surface area contributed by atoms with Gasteiger partial charge in [0.2, 0.25) is 11.2 Å². The minimum absolute atomic E-state index is 0.00361. The molecule has 6 nitrogen and oxygen atoms in total. The highest BCUT2D eigenvalue weighted by molar-refractivity contribution is 5.96. The fourth-order valence-corrected chi connectivity index (χ4v) is 2.15. The first kappa shape index (κ1) is 12.2. The minimum Gasteiger partial charge on any atom is -0.508 e. The van der Waals surface area contributed by atoms with Crippen molar-refractivity contribution in [2.75, 3.05) is 7.11 Å². The lowest BCUT2D eigenvalue weighted by atomic mass is 10.1. The van der Waals surface area contributed by atoms with Crippen LogP contribution in [0.1, 0.15) is 0 Å². The number of hydrogen-bond donors (Lipinski definition) is 3. The van der Waals surface area contributed by atoms with Crippen LogP contribution in [0.25, 0.3) is 21.9 Å². The Morgan fingerprint density at radius 2 is 1.85 bits per heavy atom. The quantitative estimate of drug-likeness (QED) is 0.587. The Bertz CT molecular complexity index is 894. The number of phenolic OH excluding ortho intramolecular Hbond substituents is 3. The van der Waals surface area contributed by atoms with E-state index in [1.807, 2.05) is 0 Å². The van der Waals surface area contributed by atoms with Crippen molar-refractivity contribution in [3.63, 3.8) is 0 Å². The van der Waals surface area contributed by atoms with E-state index in [-0.39, 0.29) is 39.2 Å². The summed E-state index contributed by atoms with van der Waals surface area (Å²) >= 11 is 0. The zero-order valence-corrected chi connectivity index (χ0v) is 10.4. The fourth-order valence-electron chi connectivity index (χ4n) is 2.15. The van der Waals surface area contributed by atoms with Gasteiger partial charge in [-0.25, -0.2) is 0 Å².